The van der Waals surface area contributed by atoms with Crippen LogP contribution in [0.2, 0.25) is 0 Å². The highest BCUT2D eigenvalue weighted by atomic mass is 32.2. The van der Waals surface area contributed by atoms with E-state index in [2.05, 4.69) is 5.92 Å². The molecule has 0 aromatic carbocycles. The Kier molecular flexibility index (Phi) is 2.00. The Labute approximate surface area is 61.5 Å². The average molecular weight is 158 g/mol. The number of hydrogen-bond donors (Lipinski definition) is 0. The molecule has 1 fully saturated rings. The summed E-state index contributed by atoms with van der Waals surface area (Å²) in [5.41, 5.74) is 0. The van der Waals surface area contributed by atoms with Gasteiger partial charge < -0.3 is 0 Å². The van der Waals surface area contributed by atoms with Gasteiger partial charge in [-0.15, -0.1) is 12.3 Å². The van der Waals surface area contributed by atoms with E-state index in [9.17, 15) is 8.42 Å². The molecular formula is C7H10O2S. The van der Waals surface area contributed by atoms with Gasteiger partial charge in [0.15, 0.2) is 9.84 Å². The molecule has 0 amide bonds. The summed E-state index contributed by atoms with van der Waals surface area (Å²) in [5.74, 6) is 2.97. The minimum absolute atomic E-state index is 0.0289. The molecule has 1 atom stereocenters. The van der Waals surface area contributed by atoms with E-state index < -0.39 is 9.84 Å². The Balaban J connectivity index is 2.67. The molecule has 1 heterocycles. The topological polar surface area (TPSA) is 34.1 Å². The van der Waals surface area contributed by atoms with Crippen molar-refractivity contribution in [3.63, 3.8) is 0 Å². The van der Waals surface area contributed by atoms with Crippen LogP contribution in [0, 0.1) is 18.3 Å². The molecule has 0 saturated carbocycles. The zero-order chi connectivity index (χ0) is 7.61. The van der Waals surface area contributed by atoms with Crippen LogP contribution in [0.1, 0.15) is 12.8 Å². The van der Waals surface area contributed by atoms with Gasteiger partial charge in [0.05, 0.1) is 11.5 Å². The lowest BCUT2D eigenvalue weighted by molar-refractivity contribution is 0.549. The van der Waals surface area contributed by atoms with E-state index in [0.29, 0.717) is 5.75 Å². The van der Waals surface area contributed by atoms with E-state index in [-0.39, 0.29) is 11.7 Å². The van der Waals surface area contributed by atoms with Gasteiger partial charge >= 0.3 is 0 Å². The molecule has 1 aliphatic rings. The third kappa shape index (κ3) is 1.74. The molecule has 10 heavy (non-hydrogen) atoms. The van der Waals surface area contributed by atoms with Gasteiger partial charge in [0.25, 0.3) is 0 Å². The van der Waals surface area contributed by atoms with Gasteiger partial charge in [0, 0.05) is 5.92 Å². The van der Waals surface area contributed by atoms with Crippen LogP contribution in [0.5, 0.6) is 0 Å². The Morgan fingerprint density at radius 3 is 2.60 bits per heavy atom. The second-order valence-corrected chi connectivity index (χ2v) is 4.85. The van der Waals surface area contributed by atoms with Crippen molar-refractivity contribution < 1.29 is 8.42 Å². The molecule has 1 aliphatic heterocycles. The van der Waals surface area contributed by atoms with Crippen molar-refractivity contribution in [2.24, 2.45) is 5.92 Å². The Hall–Kier alpha value is -0.490. The van der Waals surface area contributed by atoms with Crippen molar-refractivity contribution in [3.05, 3.63) is 0 Å². The van der Waals surface area contributed by atoms with Crippen molar-refractivity contribution in [2.45, 2.75) is 12.8 Å². The van der Waals surface area contributed by atoms with Crippen molar-refractivity contribution in [2.75, 3.05) is 11.5 Å². The first kappa shape index (κ1) is 7.62. The summed E-state index contributed by atoms with van der Waals surface area (Å²) >= 11 is 0. The van der Waals surface area contributed by atoms with Crippen LogP contribution in [0.25, 0.3) is 0 Å². The maximum atomic E-state index is 10.9. The first-order valence-corrected chi connectivity index (χ1v) is 5.13. The van der Waals surface area contributed by atoms with Gasteiger partial charge in [-0.25, -0.2) is 8.42 Å². The summed E-state index contributed by atoms with van der Waals surface area (Å²) in [6.45, 7) is 0. The number of hydrogen-bond acceptors (Lipinski definition) is 2. The van der Waals surface area contributed by atoms with E-state index in [0.717, 1.165) is 12.8 Å². The molecule has 0 radical (unpaired) electrons. The molecule has 1 rings (SSSR count). The highest BCUT2D eigenvalue weighted by Gasteiger charge is 2.22. The fourth-order valence-electron chi connectivity index (χ4n) is 1.15. The molecule has 0 aromatic rings. The predicted octanol–water partition coefficient (Wildman–Crippen LogP) is 0.444. The first-order valence-electron chi connectivity index (χ1n) is 3.30. The molecule has 0 spiro atoms. The molecule has 0 aliphatic carbocycles. The molecule has 1 unspecified atom stereocenters. The minimum Gasteiger partial charge on any atom is -0.229 e. The summed E-state index contributed by atoms with van der Waals surface area (Å²) in [4.78, 5) is 0. The van der Waals surface area contributed by atoms with E-state index in [1.807, 2.05) is 0 Å². The number of rotatable bonds is 0. The largest absolute Gasteiger partial charge is 0.229 e. The molecule has 3 heteroatoms. The highest BCUT2D eigenvalue weighted by molar-refractivity contribution is 7.91. The van der Waals surface area contributed by atoms with E-state index in [1.165, 1.54) is 0 Å². The van der Waals surface area contributed by atoms with Gasteiger partial charge in [-0.2, -0.15) is 0 Å². The monoisotopic (exact) mass is 158 g/mol. The van der Waals surface area contributed by atoms with Gasteiger partial charge in [-0.1, -0.05) is 0 Å². The molecular weight excluding hydrogens is 148 g/mol. The van der Waals surface area contributed by atoms with Gasteiger partial charge in [-0.3, -0.25) is 0 Å². The van der Waals surface area contributed by atoms with Crippen molar-refractivity contribution in [1.29, 1.82) is 0 Å². The Morgan fingerprint density at radius 2 is 2.20 bits per heavy atom. The van der Waals surface area contributed by atoms with Crippen LogP contribution in [-0.2, 0) is 9.84 Å². The SMILES string of the molecule is C#CC1CCCS(=O)(=O)C1. The maximum Gasteiger partial charge on any atom is 0.151 e. The van der Waals surface area contributed by atoms with Crippen LogP contribution in [-0.4, -0.2) is 19.9 Å². The summed E-state index contributed by atoms with van der Waals surface area (Å²) in [7, 11) is -2.79. The van der Waals surface area contributed by atoms with E-state index >= 15 is 0 Å². The molecule has 0 bridgehead atoms. The number of terminal acetylenes is 1. The lowest BCUT2D eigenvalue weighted by atomic mass is 10.1. The zero-order valence-electron chi connectivity index (χ0n) is 5.71. The predicted molar refractivity (Wildman–Crippen MR) is 40.2 cm³/mol. The normalized spacial score (nSPS) is 30.9. The molecule has 0 N–H and O–H groups in total. The third-order valence-corrected chi connectivity index (χ3v) is 3.52. The van der Waals surface area contributed by atoms with Crippen LogP contribution in [0.15, 0.2) is 0 Å². The van der Waals surface area contributed by atoms with E-state index in [1.54, 1.807) is 0 Å². The maximum absolute atomic E-state index is 10.9. The molecule has 1 saturated heterocycles. The Bertz CT molecular complexity index is 245. The highest BCUT2D eigenvalue weighted by Crippen LogP contribution is 2.16. The standard InChI is InChI=1S/C7H10O2S/c1-2-7-4-3-5-10(8,9)6-7/h1,7H,3-6H2. The first-order chi connectivity index (χ1) is 4.64. The number of sulfone groups is 1. The molecule has 2 nitrogen and oxygen atoms in total. The zero-order valence-corrected chi connectivity index (χ0v) is 6.52. The second-order valence-electron chi connectivity index (χ2n) is 2.62. The summed E-state index contributed by atoms with van der Waals surface area (Å²) in [6, 6.07) is 0. The van der Waals surface area contributed by atoms with Crippen LogP contribution in [0.3, 0.4) is 0 Å². The van der Waals surface area contributed by atoms with Crippen molar-refractivity contribution in [1.82, 2.24) is 0 Å². The van der Waals surface area contributed by atoms with Crippen molar-refractivity contribution >= 4 is 9.84 Å². The fourth-order valence-corrected chi connectivity index (χ4v) is 2.80. The lowest BCUT2D eigenvalue weighted by Crippen LogP contribution is -2.23. The van der Waals surface area contributed by atoms with Crippen LogP contribution < -0.4 is 0 Å². The fraction of sp³-hybridized carbons (Fsp3) is 0.714. The Morgan fingerprint density at radius 1 is 1.50 bits per heavy atom. The van der Waals surface area contributed by atoms with Gasteiger partial charge in [-0.05, 0) is 12.8 Å². The molecule has 56 valence electrons. The smallest absolute Gasteiger partial charge is 0.151 e. The summed E-state index contributed by atoms with van der Waals surface area (Å²) in [5, 5.41) is 0. The lowest BCUT2D eigenvalue weighted by Gasteiger charge is -2.16. The van der Waals surface area contributed by atoms with Crippen LogP contribution >= 0.6 is 0 Å². The summed E-state index contributed by atoms with van der Waals surface area (Å²) in [6.07, 6.45) is 6.71. The summed E-state index contributed by atoms with van der Waals surface area (Å²) < 4.78 is 21.8. The molecule has 0 aromatic heterocycles. The van der Waals surface area contributed by atoms with Gasteiger partial charge in [0.1, 0.15) is 0 Å². The van der Waals surface area contributed by atoms with E-state index in [4.69, 9.17) is 6.42 Å². The third-order valence-electron chi connectivity index (χ3n) is 1.70. The van der Waals surface area contributed by atoms with Crippen LogP contribution in [0.4, 0.5) is 0 Å². The second kappa shape index (κ2) is 2.63. The average Bonchev–Trinajstić information content (AvgIpc) is 1.86. The minimum atomic E-state index is -2.79. The quantitative estimate of drug-likeness (QED) is 0.479. The van der Waals surface area contributed by atoms with Crippen molar-refractivity contribution in [3.8, 4) is 12.3 Å². The van der Waals surface area contributed by atoms with Gasteiger partial charge in [0.2, 0.25) is 0 Å².